The minimum Gasteiger partial charge on any atom is -0.358 e. The molecule has 0 spiro atoms. The fourth-order valence-electron chi connectivity index (χ4n) is 2.12. The molecule has 17 heavy (non-hydrogen) atoms. The van der Waals surface area contributed by atoms with Gasteiger partial charge in [0, 0.05) is 18.8 Å². The maximum Gasteiger partial charge on any atom is 0.242 e. The molecule has 1 aliphatic heterocycles. The number of anilines is 1. The second-order valence-electron chi connectivity index (χ2n) is 4.06. The molecule has 0 bridgehead atoms. The average molecular weight is 237 g/mol. The molecule has 1 atom stereocenters. The smallest absolute Gasteiger partial charge is 0.242 e. The summed E-state index contributed by atoms with van der Waals surface area (Å²) in [6, 6.07) is 6.01. The first kappa shape index (κ1) is 11.9. The van der Waals surface area contributed by atoms with Crippen molar-refractivity contribution in [3.05, 3.63) is 30.1 Å². The van der Waals surface area contributed by atoms with Crippen LogP contribution in [0.25, 0.3) is 0 Å². The highest BCUT2D eigenvalue weighted by Crippen LogP contribution is 2.21. The highest BCUT2D eigenvalue weighted by molar-refractivity contribution is 5.86. The van der Waals surface area contributed by atoms with Gasteiger partial charge in [-0.3, -0.25) is 4.79 Å². The molecule has 2 rings (SSSR count). The zero-order valence-corrected chi connectivity index (χ0v) is 9.53. The molecule has 5 heteroatoms. The first-order valence-electron chi connectivity index (χ1n) is 5.72. The van der Waals surface area contributed by atoms with Crippen LogP contribution in [0, 0.1) is 5.82 Å². The molecule has 3 N–H and O–H groups in total. The number of amides is 1. The maximum absolute atomic E-state index is 13.2. The number of hydrogen-bond donors (Lipinski definition) is 2. The van der Waals surface area contributed by atoms with Crippen molar-refractivity contribution in [3.8, 4) is 0 Å². The number of halogens is 1. The van der Waals surface area contributed by atoms with Crippen molar-refractivity contribution in [2.45, 2.75) is 12.5 Å². The van der Waals surface area contributed by atoms with Gasteiger partial charge in [0.15, 0.2) is 0 Å². The molecule has 1 aliphatic rings. The molecule has 1 heterocycles. The molecule has 1 fully saturated rings. The van der Waals surface area contributed by atoms with Gasteiger partial charge in [0.05, 0.1) is 0 Å². The van der Waals surface area contributed by atoms with Crippen LogP contribution in [0.15, 0.2) is 24.3 Å². The second-order valence-corrected chi connectivity index (χ2v) is 4.06. The minimum atomic E-state index is -0.296. The molecular weight excluding hydrogens is 221 g/mol. The summed E-state index contributed by atoms with van der Waals surface area (Å²) in [6.07, 6.45) is 0.572. The van der Waals surface area contributed by atoms with Crippen LogP contribution in [-0.2, 0) is 4.79 Å². The SMILES string of the molecule is NCCC1C(=O)NCCN1c1cccc(F)c1. The number of nitrogens with zero attached hydrogens (tertiary/aromatic N) is 1. The summed E-state index contributed by atoms with van der Waals surface area (Å²) in [7, 11) is 0. The quantitative estimate of drug-likeness (QED) is 0.804. The fourth-order valence-corrected chi connectivity index (χ4v) is 2.12. The molecule has 0 saturated carbocycles. The fraction of sp³-hybridized carbons (Fsp3) is 0.417. The van der Waals surface area contributed by atoms with Crippen LogP contribution in [-0.4, -0.2) is 31.6 Å². The van der Waals surface area contributed by atoms with Gasteiger partial charge in [0.2, 0.25) is 5.91 Å². The Morgan fingerprint density at radius 2 is 2.35 bits per heavy atom. The Labute approximate surface area is 99.6 Å². The van der Waals surface area contributed by atoms with E-state index in [-0.39, 0.29) is 17.8 Å². The third-order valence-electron chi connectivity index (χ3n) is 2.91. The normalized spacial score (nSPS) is 20.2. The number of rotatable bonds is 3. The number of piperazine rings is 1. The lowest BCUT2D eigenvalue weighted by Gasteiger charge is -2.36. The zero-order chi connectivity index (χ0) is 12.3. The van der Waals surface area contributed by atoms with Crippen molar-refractivity contribution >= 4 is 11.6 Å². The second kappa shape index (κ2) is 5.14. The summed E-state index contributed by atoms with van der Waals surface area (Å²) < 4.78 is 13.2. The third kappa shape index (κ3) is 2.55. The molecule has 4 nitrogen and oxygen atoms in total. The van der Waals surface area contributed by atoms with E-state index >= 15 is 0 Å². The van der Waals surface area contributed by atoms with Crippen molar-refractivity contribution in [2.24, 2.45) is 5.73 Å². The standard InChI is InChI=1S/C12H16FN3O/c13-9-2-1-3-10(8-9)16-7-6-15-12(17)11(16)4-5-14/h1-3,8,11H,4-7,14H2,(H,15,17). The third-order valence-corrected chi connectivity index (χ3v) is 2.91. The van der Waals surface area contributed by atoms with E-state index in [0.29, 0.717) is 26.1 Å². The van der Waals surface area contributed by atoms with Gasteiger partial charge in [-0.25, -0.2) is 4.39 Å². The Kier molecular flexibility index (Phi) is 3.58. The van der Waals surface area contributed by atoms with Crippen molar-refractivity contribution in [1.82, 2.24) is 5.32 Å². The van der Waals surface area contributed by atoms with Crippen molar-refractivity contribution in [2.75, 3.05) is 24.5 Å². The van der Waals surface area contributed by atoms with Gasteiger partial charge < -0.3 is 16.0 Å². The molecule has 1 unspecified atom stereocenters. The monoisotopic (exact) mass is 237 g/mol. The molecular formula is C12H16FN3O. The summed E-state index contributed by atoms with van der Waals surface area (Å²) in [4.78, 5) is 13.7. The van der Waals surface area contributed by atoms with Crippen LogP contribution in [0.3, 0.4) is 0 Å². The van der Waals surface area contributed by atoms with E-state index in [1.54, 1.807) is 6.07 Å². The molecule has 0 aliphatic carbocycles. The average Bonchev–Trinajstić information content (AvgIpc) is 2.32. The van der Waals surface area contributed by atoms with E-state index in [1.807, 2.05) is 11.0 Å². The van der Waals surface area contributed by atoms with Gasteiger partial charge in [0.1, 0.15) is 11.9 Å². The minimum absolute atomic E-state index is 0.0361. The van der Waals surface area contributed by atoms with E-state index in [0.717, 1.165) is 5.69 Å². The van der Waals surface area contributed by atoms with Crippen LogP contribution in [0.5, 0.6) is 0 Å². The van der Waals surface area contributed by atoms with Gasteiger partial charge in [-0.05, 0) is 31.2 Å². The summed E-state index contributed by atoms with van der Waals surface area (Å²) in [5, 5.41) is 2.80. The molecule has 1 saturated heterocycles. The Balaban J connectivity index is 2.24. The van der Waals surface area contributed by atoms with Crippen LogP contribution >= 0.6 is 0 Å². The molecule has 1 aromatic rings. The summed E-state index contributed by atoms with van der Waals surface area (Å²) in [5.41, 5.74) is 6.25. The maximum atomic E-state index is 13.2. The Morgan fingerprint density at radius 3 is 3.06 bits per heavy atom. The topological polar surface area (TPSA) is 58.4 Å². The van der Waals surface area contributed by atoms with Gasteiger partial charge in [-0.1, -0.05) is 6.07 Å². The van der Waals surface area contributed by atoms with E-state index < -0.39 is 0 Å². The van der Waals surface area contributed by atoms with E-state index in [4.69, 9.17) is 5.73 Å². The summed E-state index contributed by atoms with van der Waals surface area (Å²) in [5.74, 6) is -0.328. The first-order valence-corrected chi connectivity index (χ1v) is 5.72. The van der Waals surface area contributed by atoms with Gasteiger partial charge in [0.25, 0.3) is 0 Å². The van der Waals surface area contributed by atoms with Crippen molar-refractivity contribution in [1.29, 1.82) is 0 Å². The number of nitrogens with one attached hydrogen (secondary N) is 1. The lowest BCUT2D eigenvalue weighted by molar-refractivity contribution is -0.123. The summed E-state index contributed by atoms with van der Waals surface area (Å²) >= 11 is 0. The first-order chi connectivity index (χ1) is 8.22. The van der Waals surface area contributed by atoms with E-state index in [1.165, 1.54) is 12.1 Å². The largest absolute Gasteiger partial charge is 0.358 e. The highest BCUT2D eigenvalue weighted by Gasteiger charge is 2.29. The Hall–Kier alpha value is -1.62. The Morgan fingerprint density at radius 1 is 1.53 bits per heavy atom. The van der Waals surface area contributed by atoms with E-state index in [9.17, 15) is 9.18 Å². The van der Waals surface area contributed by atoms with Crippen LogP contribution in [0.2, 0.25) is 0 Å². The van der Waals surface area contributed by atoms with Crippen molar-refractivity contribution in [3.63, 3.8) is 0 Å². The van der Waals surface area contributed by atoms with Gasteiger partial charge in [-0.15, -0.1) is 0 Å². The molecule has 0 radical (unpaired) electrons. The predicted octanol–water partition coefficient (Wildman–Crippen LogP) is 0.479. The number of benzene rings is 1. The number of nitrogens with two attached hydrogens (primary N) is 1. The summed E-state index contributed by atoms with van der Waals surface area (Å²) in [6.45, 7) is 1.69. The van der Waals surface area contributed by atoms with Crippen LogP contribution < -0.4 is 16.0 Å². The lowest BCUT2D eigenvalue weighted by atomic mass is 10.1. The lowest BCUT2D eigenvalue weighted by Crippen LogP contribution is -2.56. The molecule has 1 amide bonds. The van der Waals surface area contributed by atoms with Crippen LogP contribution in [0.4, 0.5) is 10.1 Å². The highest BCUT2D eigenvalue weighted by atomic mass is 19.1. The van der Waals surface area contributed by atoms with Gasteiger partial charge in [-0.2, -0.15) is 0 Å². The van der Waals surface area contributed by atoms with Crippen LogP contribution in [0.1, 0.15) is 6.42 Å². The Bertz CT molecular complexity index is 410. The molecule has 1 aromatic carbocycles. The number of carbonyl (C=O) groups is 1. The predicted molar refractivity (Wildman–Crippen MR) is 64.2 cm³/mol. The molecule has 0 aromatic heterocycles. The number of carbonyl (C=O) groups excluding carboxylic acids is 1. The van der Waals surface area contributed by atoms with Crippen molar-refractivity contribution < 1.29 is 9.18 Å². The van der Waals surface area contributed by atoms with Gasteiger partial charge >= 0.3 is 0 Å². The zero-order valence-electron chi connectivity index (χ0n) is 9.53. The van der Waals surface area contributed by atoms with E-state index in [2.05, 4.69) is 5.32 Å². The number of hydrogen-bond acceptors (Lipinski definition) is 3. The molecule has 92 valence electrons.